The average molecular weight is 288 g/mol. The van der Waals surface area contributed by atoms with E-state index >= 15 is 0 Å². The van der Waals surface area contributed by atoms with Crippen LogP contribution in [0.2, 0.25) is 0 Å². The molecule has 19 heavy (non-hydrogen) atoms. The number of hydrogen-bond donors (Lipinski definition) is 1. The van der Waals surface area contributed by atoms with E-state index in [1.807, 2.05) is 27.7 Å². The van der Waals surface area contributed by atoms with Crippen LogP contribution in [0.1, 0.15) is 34.1 Å². The molecule has 3 unspecified atom stereocenters. The number of carbonyl (C=O) groups excluding carboxylic acids is 2. The van der Waals surface area contributed by atoms with E-state index in [2.05, 4.69) is 5.32 Å². The predicted octanol–water partition coefficient (Wildman–Crippen LogP) is 0.517. The Labute approximate surface area is 117 Å². The fourth-order valence-corrected chi connectivity index (χ4v) is 2.70. The number of hydrogen-bond acceptors (Lipinski definition) is 3. The maximum Gasteiger partial charge on any atom is 0.246 e. The Hall–Kier alpha value is -0.910. The van der Waals surface area contributed by atoms with Gasteiger partial charge in [0.1, 0.15) is 12.1 Å². The van der Waals surface area contributed by atoms with Crippen LogP contribution in [0.5, 0.6) is 0 Å². The number of carbonyl (C=O) groups is 2. The normalized spacial score (nSPS) is 26.3. The third-order valence-corrected chi connectivity index (χ3v) is 4.13. The first kappa shape index (κ1) is 16.1. The highest BCUT2D eigenvalue weighted by molar-refractivity contribution is 7.84. The van der Waals surface area contributed by atoms with E-state index in [-0.39, 0.29) is 17.2 Å². The fourth-order valence-electron chi connectivity index (χ4n) is 2.25. The molecule has 1 heterocycles. The highest BCUT2D eigenvalue weighted by Crippen LogP contribution is 2.25. The number of nitrogens with zero attached hydrogens (tertiary/aromatic N) is 1. The van der Waals surface area contributed by atoms with Crippen LogP contribution < -0.4 is 5.32 Å². The second-order valence-corrected chi connectivity index (χ2v) is 7.60. The monoisotopic (exact) mass is 288 g/mol. The molecule has 1 aliphatic heterocycles. The molecule has 2 amide bonds. The highest BCUT2D eigenvalue weighted by atomic mass is 32.2. The summed E-state index contributed by atoms with van der Waals surface area (Å²) >= 11 is 0. The van der Waals surface area contributed by atoms with Crippen molar-refractivity contribution < 1.29 is 13.8 Å². The van der Waals surface area contributed by atoms with Crippen molar-refractivity contribution in [3.8, 4) is 0 Å². The summed E-state index contributed by atoms with van der Waals surface area (Å²) in [6, 6.07) is -0.942. The maximum absolute atomic E-state index is 12.5. The molecule has 1 aliphatic rings. The van der Waals surface area contributed by atoms with Gasteiger partial charge in [0.15, 0.2) is 0 Å². The molecular formula is C13H24N2O3S. The summed E-state index contributed by atoms with van der Waals surface area (Å²) in [4.78, 5) is 26.2. The topological polar surface area (TPSA) is 66.5 Å². The number of amides is 2. The first-order valence-corrected chi connectivity index (χ1v) is 8.32. The van der Waals surface area contributed by atoms with Gasteiger partial charge in [-0.3, -0.25) is 13.8 Å². The van der Waals surface area contributed by atoms with Gasteiger partial charge < -0.3 is 10.2 Å². The predicted molar refractivity (Wildman–Crippen MR) is 76.1 cm³/mol. The summed E-state index contributed by atoms with van der Waals surface area (Å²) in [6.07, 6.45) is 2.18. The quantitative estimate of drug-likeness (QED) is 0.820. The van der Waals surface area contributed by atoms with Gasteiger partial charge in [0.05, 0.1) is 0 Å². The lowest BCUT2D eigenvalue weighted by Gasteiger charge is -2.43. The molecule has 0 aromatic carbocycles. The molecule has 0 aliphatic carbocycles. The van der Waals surface area contributed by atoms with Gasteiger partial charge in [-0.25, -0.2) is 0 Å². The van der Waals surface area contributed by atoms with E-state index in [1.54, 1.807) is 11.2 Å². The summed E-state index contributed by atoms with van der Waals surface area (Å²) in [5.41, 5.74) is -0.324. The molecule has 0 bridgehead atoms. The van der Waals surface area contributed by atoms with E-state index in [0.29, 0.717) is 18.7 Å². The SMILES string of the molecule is CCC1C(=O)NC(C(C)(C)C)C(=O)N1CCS(C)=O. The van der Waals surface area contributed by atoms with Crippen molar-refractivity contribution in [3.05, 3.63) is 0 Å². The highest BCUT2D eigenvalue weighted by Gasteiger charge is 2.44. The molecule has 0 spiro atoms. The van der Waals surface area contributed by atoms with Crippen molar-refractivity contribution in [3.63, 3.8) is 0 Å². The van der Waals surface area contributed by atoms with E-state index in [4.69, 9.17) is 0 Å². The summed E-state index contributed by atoms with van der Waals surface area (Å²) in [6.45, 7) is 8.04. The zero-order valence-corrected chi connectivity index (χ0v) is 13.2. The standard InChI is InChI=1S/C13H24N2O3S/c1-6-9-11(16)14-10(13(2,3)4)12(17)15(9)7-8-19(5)18/h9-10H,6-8H2,1-5H3,(H,14,16). The molecule has 5 nitrogen and oxygen atoms in total. The molecule has 0 radical (unpaired) electrons. The second kappa shape index (κ2) is 6.03. The largest absolute Gasteiger partial charge is 0.342 e. The number of nitrogens with one attached hydrogen (secondary N) is 1. The Morgan fingerprint density at radius 2 is 1.89 bits per heavy atom. The van der Waals surface area contributed by atoms with Crippen LogP contribution in [0.3, 0.4) is 0 Å². The minimum Gasteiger partial charge on any atom is -0.342 e. The Morgan fingerprint density at radius 3 is 2.32 bits per heavy atom. The molecule has 1 rings (SSSR count). The summed E-state index contributed by atoms with van der Waals surface area (Å²) in [5, 5.41) is 2.82. The zero-order chi connectivity index (χ0) is 14.8. The Morgan fingerprint density at radius 1 is 1.32 bits per heavy atom. The van der Waals surface area contributed by atoms with E-state index in [0.717, 1.165) is 0 Å². The van der Waals surface area contributed by atoms with Crippen LogP contribution in [0.4, 0.5) is 0 Å². The Bertz CT molecular complexity index is 390. The molecule has 1 N–H and O–H groups in total. The molecule has 1 saturated heterocycles. The summed E-state index contributed by atoms with van der Waals surface area (Å²) in [5.74, 6) is 0.236. The van der Waals surface area contributed by atoms with Gasteiger partial charge in [-0.15, -0.1) is 0 Å². The Kier molecular flexibility index (Phi) is 5.12. The maximum atomic E-state index is 12.5. The van der Waals surface area contributed by atoms with Crippen LogP contribution in [0.25, 0.3) is 0 Å². The lowest BCUT2D eigenvalue weighted by Crippen LogP contribution is -2.66. The van der Waals surface area contributed by atoms with Gasteiger partial charge in [-0.1, -0.05) is 27.7 Å². The molecule has 0 aromatic rings. The average Bonchev–Trinajstić information content (AvgIpc) is 2.27. The van der Waals surface area contributed by atoms with Gasteiger partial charge in [0.2, 0.25) is 11.8 Å². The van der Waals surface area contributed by atoms with Gasteiger partial charge in [-0.2, -0.15) is 0 Å². The third kappa shape index (κ3) is 3.78. The van der Waals surface area contributed by atoms with E-state index in [1.165, 1.54) is 0 Å². The summed E-state index contributed by atoms with van der Waals surface area (Å²) < 4.78 is 11.2. The van der Waals surface area contributed by atoms with Crippen LogP contribution in [-0.4, -0.2) is 51.6 Å². The van der Waals surface area contributed by atoms with Gasteiger partial charge in [-0.05, 0) is 11.8 Å². The van der Waals surface area contributed by atoms with Gasteiger partial charge in [0, 0.05) is 29.4 Å². The molecule has 6 heteroatoms. The van der Waals surface area contributed by atoms with E-state index in [9.17, 15) is 13.8 Å². The minimum atomic E-state index is -0.968. The molecular weight excluding hydrogens is 264 g/mol. The van der Waals surface area contributed by atoms with Gasteiger partial charge in [0.25, 0.3) is 0 Å². The zero-order valence-electron chi connectivity index (χ0n) is 12.4. The lowest BCUT2D eigenvalue weighted by molar-refractivity contribution is -0.152. The van der Waals surface area contributed by atoms with Crippen molar-refractivity contribution in [2.45, 2.75) is 46.2 Å². The second-order valence-electron chi connectivity index (χ2n) is 6.04. The van der Waals surface area contributed by atoms with Crippen molar-refractivity contribution in [2.24, 2.45) is 5.41 Å². The van der Waals surface area contributed by atoms with Crippen molar-refractivity contribution >= 4 is 22.6 Å². The van der Waals surface area contributed by atoms with E-state index < -0.39 is 22.9 Å². The summed E-state index contributed by atoms with van der Waals surface area (Å²) in [7, 11) is -0.968. The molecule has 1 fully saturated rings. The third-order valence-electron chi connectivity index (χ3n) is 3.37. The Balaban J connectivity index is 2.96. The number of rotatable bonds is 4. The first-order chi connectivity index (χ1) is 8.68. The molecule has 0 saturated carbocycles. The van der Waals surface area contributed by atoms with Crippen molar-refractivity contribution in [1.82, 2.24) is 10.2 Å². The number of piperazine rings is 1. The van der Waals surface area contributed by atoms with Crippen molar-refractivity contribution in [1.29, 1.82) is 0 Å². The van der Waals surface area contributed by atoms with Gasteiger partial charge >= 0.3 is 0 Å². The van der Waals surface area contributed by atoms with Crippen LogP contribution in [0, 0.1) is 5.41 Å². The molecule has 3 atom stereocenters. The lowest BCUT2D eigenvalue weighted by atomic mass is 9.83. The van der Waals surface area contributed by atoms with Crippen molar-refractivity contribution in [2.75, 3.05) is 18.6 Å². The van der Waals surface area contributed by atoms with Crippen LogP contribution in [-0.2, 0) is 20.4 Å². The first-order valence-electron chi connectivity index (χ1n) is 6.59. The molecule has 110 valence electrons. The molecule has 0 aromatic heterocycles. The van der Waals surface area contributed by atoms with Crippen LogP contribution >= 0.6 is 0 Å². The minimum absolute atomic E-state index is 0.0654. The smallest absolute Gasteiger partial charge is 0.246 e. The fraction of sp³-hybridized carbons (Fsp3) is 0.846. The van der Waals surface area contributed by atoms with Crippen LogP contribution in [0.15, 0.2) is 0 Å².